The van der Waals surface area contributed by atoms with Crippen molar-refractivity contribution in [3.63, 3.8) is 0 Å². The first-order valence-electron chi connectivity index (χ1n) is 4.23. The lowest BCUT2D eigenvalue weighted by Crippen LogP contribution is -2.23. The lowest BCUT2D eigenvalue weighted by Gasteiger charge is -2.21. The topological polar surface area (TPSA) is 39.2 Å². The molecule has 1 aromatic rings. The maximum Gasteiger partial charge on any atom is 0.233 e. The second-order valence-corrected chi connectivity index (χ2v) is 4.23. The number of nitrogens with zero attached hydrogens (tertiary/aromatic N) is 1. The summed E-state index contributed by atoms with van der Waals surface area (Å²) in [6.45, 7) is 5.66. The molecule has 0 fully saturated rings. The lowest BCUT2D eigenvalue weighted by atomic mass is 10.2. The van der Waals surface area contributed by atoms with Crippen molar-refractivity contribution in [2.75, 3.05) is 0 Å². The number of aromatic nitrogens is 1. The van der Waals surface area contributed by atoms with E-state index in [1.807, 2.05) is 20.8 Å². The first-order chi connectivity index (χ1) is 6.44. The highest BCUT2D eigenvalue weighted by Gasteiger charge is 2.16. The monoisotopic (exact) mass is 213 g/mol. The van der Waals surface area contributed by atoms with Crippen molar-refractivity contribution in [2.24, 2.45) is 0 Å². The van der Waals surface area contributed by atoms with Crippen LogP contribution < -0.4 is 4.74 Å². The van der Waals surface area contributed by atoms with Gasteiger partial charge in [0, 0.05) is 11.8 Å². The normalized spacial score (nSPS) is 11.1. The standard InChI is InChI=1S/C10H12ClNO2/c1-10(2,3)14-9-8(11)7(6-13)4-5-12-9/h4-6H,1-3H3. The fourth-order valence-corrected chi connectivity index (χ4v) is 1.09. The fraction of sp³-hybridized carbons (Fsp3) is 0.400. The molecule has 1 rings (SSSR count). The van der Waals surface area contributed by atoms with Crippen molar-refractivity contribution in [3.05, 3.63) is 22.8 Å². The molecule has 0 saturated carbocycles. The Morgan fingerprint density at radius 3 is 2.64 bits per heavy atom. The molecule has 0 saturated heterocycles. The van der Waals surface area contributed by atoms with Gasteiger partial charge in [-0.25, -0.2) is 4.98 Å². The average molecular weight is 214 g/mol. The predicted molar refractivity (Wildman–Crippen MR) is 55.0 cm³/mol. The SMILES string of the molecule is CC(C)(C)Oc1nccc(C=O)c1Cl. The van der Waals surface area contributed by atoms with Crippen molar-refractivity contribution >= 4 is 17.9 Å². The van der Waals surface area contributed by atoms with Crippen molar-refractivity contribution in [2.45, 2.75) is 26.4 Å². The van der Waals surface area contributed by atoms with Crippen LogP contribution in [0.4, 0.5) is 0 Å². The van der Waals surface area contributed by atoms with Gasteiger partial charge in [-0.05, 0) is 26.8 Å². The summed E-state index contributed by atoms with van der Waals surface area (Å²) in [7, 11) is 0. The van der Waals surface area contributed by atoms with Crippen molar-refractivity contribution < 1.29 is 9.53 Å². The third kappa shape index (κ3) is 2.70. The quantitative estimate of drug-likeness (QED) is 0.710. The van der Waals surface area contributed by atoms with Gasteiger partial charge in [0.2, 0.25) is 5.88 Å². The minimum Gasteiger partial charge on any atom is -0.471 e. The molecule has 0 aliphatic carbocycles. The minimum atomic E-state index is -0.377. The van der Waals surface area contributed by atoms with E-state index in [1.165, 1.54) is 6.20 Å². The summed E-state index contributed by atoms with van der Waals surface area (Å²) in [4.78, 5) is 14.5. The molecular formula is C10H12ClNO2. The van der Waals surface area contributed by atoms with Gasteiger partial charge in [0.25, 0.3) is 0 Å². The molecule has 0 amide bonds. The molecule has 3 nitrogen and oxygen atoms in total. The zero-order chi connectivity index (χ0) is 10.8. The smallest absolute Gasteiger partial charge is 0.233 e. The van der Waals surface area contributed by atoms with Gasteiger partial charge in [-0.15, -0.1) is 0 Å². The van der Waals surface area contributed by atoms with Crippen LogP contribution in [0.15, 0.2) is 12.3 Å². The first kappa shape index (κ1) is 11.0. The number of hydrogen-bond donors (Lipinski definition) is 0. The van der Waals surface area contributed by atoms with Gasteiger partial charge >= 0.3 is 0 Å². The molecule has 76 valence electrons. The molecule has 0 radical (unpaired) electrons. The second kappa shape index (κ2) is 3.96. The van der Waals surface area contributed by atoms with E-state index >= 15 is 0 Å². The Morgan fingerprint density at radius 1 is 1.50 bits per heavy atom. The van der Waals surface area contributed by atoms with E-state index in [9.17, 15) is 4.79 Å². The summed E-state index contributed by atoms with van der Waals surface area (Å²) in [5, 5.41) is 0.262. The number of rotatable bonds is 2. The molecule has 0 N–H and O–H groups in total. The van der Waals surface area contributed by atoms with E-state index in [-0.39, 0.29) is 10.6 Å². The van der Waals surface area contributed by atoms with Crippen molar-refractivity contribution in [1.29, 1.82) is 0 Å². The maximum atomic E-state index is 10.6. The van der Waals surface area contributed by atoms with E-state index < -0.39 is 0 Å². The highest BCUT2D eigenvalue weighted by molar-refractivity contribution is 6.34. The Balaban J connectivity index is 3.04. The van der Waals surface area contributed by atoms with Crippen LogP contribution in [0.1, 0.15) is 31.1 Å². The number of ether oxygens (including phenoxy) is 1. The van der Waals surface area contributed by atoms with Crippen LogP contribution >= 0.6 is 11.6 Å². The van der Waals surface area contributed by atoms with Crippen LogP contribution in [-0.2, 0) is 0 Å². The Morgan fingerprint density at radius 2 is 2.14 bits per heavy atom. The van der Waals surface area contributed by atoms with Gasteiger partial charge in [-0.3, -0.25) is 4.79 Å². The van der Waals surface area contributed by atoms with E-state index in [1.54, 1.807) is 6.07 Å². The van der Waals surface area contributed by atoms with Gasteiger partial charge in [-0.1, -0.05) is 11.6 Å². The van der Waals surface area contributed by atoms with Gasteiger partial charge in [-0.2, -0.15) is 0 Å². The van der Waals surface area contributed by atoms with Gasteiger partial charge in [0.05, 0.1) is 0 Å². The highest BCUT2D eigenvalue weighted by atomic mass is 35.5. The third-order valence-electron chi connectivity index (χ3n) is 1.42. The number of halogens is 1. The van der Waals surface area contributed by atoms with E-state index in [0.29, 0.717) is 17.7 Å². The highest BCUT2D eigenvalue weighted by Crippen LogP contribution is 2.27. The van der Waals surface area contributed by atoms with Crippen molar-refractivity contribution in [1.82, 2.24) is 4.98 Å². The van der Waals surface area contributed by atoms with Crippen LogP contribution in [0, 0.1) is 0 Å². The lowest BCUT2D eigenvalue weighted by molar-refractivity contribution is 0.111. The molecular weight excluding hydrogens is 202 g/mol. The number of hydrogen-bond acceptors (Lipinski definition) is 3. The van der Waals surface area contributed by atoms with E-state index in [4.69, 9.17) is 16.3 Å². The molecule has 0 aliphatic rings. The van der Waals surface area contributed by atoms with Gasteiger partial charge < -0.3 is 4.74 Å². The Hall–Kier alpha value is -1.09. The first-order valence-corrected chi connectivity index (χ1v) is 4.60. The Kier molecular flexibility index (Phi) is 3.11. The fourth-order valence-electron chi connectivity index (χ4n) is 0.891. The Labute approximate surface area is 88.1 Å². The molecule has 14 heavy (non-hydrogen) atoms. The summed E-state index contributed by atoms with van der Waals surface area (Å²) in [6.07, 6.45) is 2.18. The summed E-state index contributed by atoms with van der Waals surface area (Å²) < 4.78 is 5.47. The van der Waals surface area contributed by atoms with Crippen LogP contribution in [-0.4, -0.2) is 16.9 Å². The third-order valence-corrected chi connectivity index (χ3v) is 1.80. The molecule has 4 heteroatoms. The molecule has 0 bridgehead atoms. The molecule has 0 unspecified atom stereocenters. The largest absolute Gasteiger partial charge is 0.471 e. The minimum absolute atomic E-state index is 0.262. The van der Waals surface area contributed by atoms with Crippen LogP contribution in [0.5, 0.6) is 5.88 Å². The zero-order valence-electron chi connectivity index (χ0n) is 8.37. The molecule has 0 aliphatic heterocycles. The summed E-state index contributed by atoms with van der Waals surface area (Å²) >= 11 is 5.90. The summed E-state index contributed by atoms with van der Waals surface area (Å²) in [5.74, 6) is 0.295. The van der Waals surface area contributed by atoms with Crippen LogP contribution in [0.2, 0.25) is 5.02 Å². The number of pyridine rings is 1. The summed E-state index contributed by atoms with van der Waals surface area (Å²) in [6, 6.07) is 1.55. The number of carbonyl (C=O) groups excluding carboxylic acids is 1. The van der Waals surface area contributed by atoms with E-state index in [0.717, 1.165) is 0 Å². The summed E-state index contributed by atoms with van der Waals surface area (Å²) in [5.41, 5.74) is 0.0129. The molecule has 1 heterocycles. The van der Waals surface area contributed by atoms with Gasteiger partial charge in [0.1, 0.15) is 10.6 Å². The maximum absolute atomic E-state index is 10.6. The molecule has 0 aromatic carbocycles. The van der Waals surface area contributed by atoms with Crippen molar-refractivity contribution in [3.8, 4) is 5.88 Å². The van der Waals surface area contributed by atoms with Crippen LogP contribution in [0.25, 0.3) is 0 Å². The average Bonchev–Trinajstić information content (AvgIpc) is 2.06. The van der Waals surface area contributed by atoms with Gasteiger partial charge in [0.15, 0.2) is 6.29 Å². The molecule has 1 aromatic heterocycles. The molecule has 0 spiro atoms. The second-order valence-electron chi connectivity index (χ2n) is 3.85. The number of aldehydes is 1. The van der Waals surface area contributed by atoms with E-state index in [2.05, 4.69) is 4.98 Å². The zero-order valence-corrected chi connectivity index (χ0v) is 9.13. The predicted octanol–water partition coefficient (Wildman–Crippen LogP) is 2.72. The van der Waals surface area contributed by atoms with Crippen LogP contribution in [0.3, 0.4) is 0 Å². The Bertz CT molecular complexity index is 344. The number of carbonyl (C=O) groups is 1. The molecule has 0 atom stereocenters.